The number of aliphatic carboxylic acids is 1. The van der Waals surface area contributed by atoms with Gasteiger partial charge < -0.3 is 10.8 Å². The van der Waals surface area contributed by atoms with Crippen molar-refractivity contribution in [2.45, 2.75) is 38.1 Å². The monoisotopic (exact) mass is 317 g/mol. The maximum atomic E-state index is 11.2. The SMILES string of the molecule is CCC(C)C(N)C(=O)O.CCOS(=O)(=O)c1ccccc1. The van der Waals surface area contributed by atoms with Gasteiger partial charge in [0.25, 0.3) is 10.1 Å². The van der Waals surface area contributed by atoms with Gasteiger partial charge in [0.15, 0.2) is 0 Å². The van der Waals surface area contributed by atoms with E-state index in [2.05, 4.69) is 4.18 Å². The lowest BCUT2D eigenvalue weighted by molar-refractivity contribution is -0.139. The summed E-state index contributed by atoms with van der Waals surface area (Å²) in [4.78, 5) is 10.4. The highest BCUT2D eigenvalue weighted by molar-refractivity contribution is 7.86. The van der Waals surface area contributed by atoms with Crippen LogP contribution in [0.1, 0.15) is 27.2 Å². The minimum absolute atomic E-state index is 0.0718. The van der Waals surface area contributed by atoms with Gasteiger partial charge in [0.05, 0.1) is 11.5 Å². The highest BCUT2D eigenvalue weighted by atomic mass is 32.2. The molecule has 0 fully saturated rings. The van der Waals surface area contributed by atoms with Crippen LogP contribution >= 0.6 is 0 Å². The first-order valence-electron chi connectivity index (χ1n) is 6.69. The molecule has 120 valence electrons. The number of carboxylic acid groups (broad SMARTS) is 1. The predicted octanol–water partition coefficient (Wildman–Crippen LogP) is 1.86. The molecular formula is C14H23NO5S. The van der Waals surface area contributed by atoms with Crippen molar-refractivity contribution in [3.05, 3.63) is 30.3 Å². The normalized spacial score (nSPS) is 13.7. The highest BCUT2D eigenvalue weighted by Crippen LogP contribution is 2.10. The first-order chi connectivity index (χ1) is 9.76. The molecule has 2 unspecified atom stereocenters. The number of hydrogen-bond donors (Lipinski definition) is 2. The van der Waals surface area contributed by atoms with E-state index in [0.717, 1.165) is 6.42 Å². The van der Waals surface area contributed by atoms with E-state index in [9.17, 15) is 13.2 Å². The van der Waals surface area contributed by atoms with Crippen LogP contribution in [0, 0.1) is 5.92 Å². The van der Waals surface area contributed by atoms with Crippen LogP contribution in [0.15, 0.2) is 35.2 Å². The molecule has 0 aliphatic rings. The average Bonchev–Trinajstić information content (AvgIpc) is 2.47. The van der Waals surface area contributed by atoms with E-state index in [1.54, 1.807) is 25.1 Å². The number of hydrogen-bond acceptors (Lipinski definition) is 5. The van der Waals surface area contributed by atoms with E-state index in [1.807, 2.05) is 13.8 Å². The zero-order valence-electron chi connectivity index (χ0n) is 12.5. The van der Waals surface area contributed by atoms with Gasteiger partial charge in [-0.25, -0.2) is 0 Å². The predicted molar refractivity (Wildman–Crippen MR) is 80.3 cm³/mol. The van der Waals surface area contributed by atoms with E-state index in [4.69, 9.17) is 10.8 Å². The van der Waals surface area contributed by atoms with Crippen LogP contribution in [-0.4, -0.2) is 32.1 Å². The summed E-state index contributed by atoms with van der Waals surface area (Å²) >= 11 is 0. The van der Waals surface area contributed by atoms with Gasteiger partial charge in [-0.15, -0.1) is 0 Å². The summed E-state index contributed by atoms with van der Waals surface area (Å²) < 4.78 is 27.0. The van der Waals surface area contributed by atoms with E-state index < -0.39 is 22.1 Å². The second-order valence-electron chi connectivity index (χ2n) is 4.42. The van der Waals surface area contributed by atoms with E-state index >= 15 is 0 Å². The molecule has 2 atom stereocenters. The first kappa shape index (κ1) is 19.6. The molecule has 1 aromatic carbocycles. The minimum atomic E-state index is -3.51. The second kappa shape index (κ2) is 9.49. The molecule has 0 spiro atoms. The fourth-order valence-corrected chi connectivity index (χ4v) is 2.24. The lowest BCUT2D eigenvalue weighted by atomic mass is 10.0. The molecular weight excluding hydrogens is 294 g/mol. The van der Waals surface area contributed by atoms with Crippen molar-refractivity contribution < 1.29 is 22.5 Å². The molecule has 7 heteroatoms. The molecule has 1 aromatic rings. The minimum Gasteiger partial charge on any atom is -0.480 e. The van der Waals surface area contributed by atoms with Crippen molar-refractivity contribution in [3.63, 3.8) is 0 Å². The van der Waals surface area contributed by atoms with Crippen LogP contribution < -0.4 is 5.73 Å². The molecule has 21 heavy (non-hydrogen) atoms. The fraction of sp³-hybridized carbons (Fsp3) is 0.500. The largest absolute Gasteiger partial charge is 0.480 e. The number of carboxylic acids is 1. The summed E-state index contributed by atoms with van der Waals surface area (Å²) in [7, 11) is -3.51. The molecule has 0 radical (unpaired) electrons. The van der Waals surface area contributed by atoms with Crippen LogP contribution in [0.5, 0.6) is 0 Å². The number of carbonyl (C=O) groups is 1. The van der Waals surface area contributed by atoms with Crippen LogP contribution in [0.2, 0.25) is 0 Å². The van der Waals surface area contributed by atoms with Crippen LogP contribution in [-0.2, 0) is 19.1 Å². The van der Waals surface area contributed by atoms with Gasteiger partial charge in [0, 0.05) is 0 Å². The van der Waals surface area contributed by atoms with E-state index in [0.29, 0.717) is 0 Å². The molecule has 0 saturated carbocycles. The van der Waals surface area contributed by atoms with Gasteiger partial charge in [-0.2, -0.15) is 8.42 Å². The molecule has 0 aliphatic carbocycles. The second-order valence-corrected chi connectivity index (χ2v) is 6.04. The number of rotatable bonds is 6. The van der Waals surface area contributed by atoms with E-state index in [-0.39, 0.29) is 17.4 Å². The van der Waals surface area contributed by atoms with Crippen molar-refractivity contribution in [3.8, 4) is 0 Å². The maximum absolute atomic E-state index is 11.2. The summed E-state index contributed by atoms with van der Waals surface area (Å²) in [5.41, 5.74) is 5.27. The summed E-state index contributed by atoms with van der Waals surface area (Å²) in [6, 6.07) is 7.38. The maximum Gasteiger partial charge on any atom is 0.320 e. The third-order valence-electron chi connectivity index (χ3n) is 2.85. The molecule has 0 heterocycles. The molecule has 6 nitrogen and oxygen atoms in total. The number of nitrogens with two attached hydrogens (primary N) is 1. The van der Waals surface area contributed by atoms with Crippen molar-refractivity contribution in [2.24, 2.45) is 11.7 Å². The zero-order chi connectivity index (χ0) is 16.5. The Morgan fingerprint density at radius 2 is 1.81 bits per heavy atom. The van der Waals surface area contributed by atoms with Crippen molar-refractivity contribution in [2.75, 3.05) is 6.61 Å². The van der Waals surface area contributed by atoms with Gasteiger partial charge in [-0.1, -0.05) is 38.5 Å². The Balaban J connectivity index is 0.000000400. The Kier molecular flexibility index (Phi) is 8.84. The molecule has 0 saturated heterocycles. The lowest BCUT2D eigenvalue weighted by Gasteiger charge is -2.11. The van der Waals surface area contributed by atoms with E-state index in [1.165, 1.54) is 12.1 Å². The Hall–Kier alpha value is -1.44. The third-order valence-corrected chi connectivity index (χ3v) is 4.24. The topological polar surface area (TPSA) is 107 Å². The Bertz CT molecular complexity index is 515. The lowest BCUT2D eigenvalue weighted by Crippen LogP contribution is -2.36. The van der Waals surface area contributed by atoms with Crippen molar-refractivity contribution in [1.82, 2.24) is 0 Å². The van der Waals surface area contributed by atoms with Crippen molar-refractivity contribution >= 4 is 16.1 Å². The zero-order valence-corrected chi connectivity index (χ0v) is 13.3. The first-order valence-corrected chi connectivity index (χ1v) is 8.09. The Labute approximate surface area is 126 Å². The summed E-state index contributed by atoms with van der Waals surface area (Å²) in [5, 5.41) is 8.36. The van der Waals surface area contributed by atoms with Crippen LogP contribution in [0.25, 0.3) is 0 Å². The summed E-state index contributed by atoms with van der Waals surface area (Å²) in [5.74, 6) is -0.841. The highest BCUT2D eigenvalue weighted by Gasteiger charge is 2.17. The molecule has 3 N–H and O–H groups in total. The van der Waals surface area contributed by atoms with Gasteiger partial charge in [-0.3, -0.25) is 8.98 Å². The van der Waals surface area contributed by atoms with Gasteiger partial charge >= 0.3 is 5.97 Å². The summed E-state index contributed by atoms with van der Waals surface area (Å²) in [6.45, 7) is 5.56. The molecule has 1 rings (SSSR count). The van der Waals surface area contributed by atoms with Gasteiger partial charge in [0.2, 0.25) is 0 Å². The standard InChI is InChI=1S/C8H10O3S.C6H13NO2/c1-2-11-12(9,10)8-6-4-3-5-7-8;1-3-4(2)5(7)6(8)9/h3-7H,2H2,1H3;4-5H,3,7H2,1-2H3,(H,8,9). The molecule has 0 amide bonds. The van der Waals surface area contributed by atoms with Crippen molar-refractivity contribution in [1.29, 1.82) is 0 Å². The molecule has 0 bridgehead atoms. The van der Waals surface area contributed by atoms with Gasteiger partial charge in [0.1, 0.15) is 6.04 Å². The third kappa shape index (κ3) is 7.22. The van der Waals surface area contributed by atoms with Crippen LogP contribution in [0.3, 0.4) is 0 Å². The number of benzene rings is 1. The quantitative estimate of drug-likeness (QED) is 0.776. The van der Waals surface area contributed by atoms with Gasteiger partial charge in [-0.05, 0) is 25.0 Å². The average molecular weight is 317 g/mol. The Morgan fingerprint density at radius 3 is 2.14 bits per heavy atom. The molecule has 0 aliphatic heterocycles. The smallest absolute Gasteiger partial charge is 0.320 e. The van der Waals surface area contributed by atoms with Crippen LogP contribution in [0.4, 0.5) is 0 Å². The molecule has 0 aromatic heterocycles. The Morgan fingerprint density at radius 1 is 1.29 bits per heavy atom. The fourth-order valence-electron chi connectivity index (χ4n) is 1.31. The summed E-state index contributed by atoms with van der Waals surface area (Å²) in [6.07, 6.45) is 0.813.